The molecule has 0 fully saturated rings. The van der Waals surface area contributed by atoms with Crippen LogP contribution in [0, 0.1) is 5.82 Å². The van der Waals surface area contributed by atoms with Gasteiger partial charge in [0, 0.05) is 17.8 Å². The minimum atomic E-state index is -0.341. The van der Waals surface area contributed by atoms with Crippen LogP contribution in [0.4, 0.5) is 10.2 Å². The lowest BCUT2D eigenvalue weighted by molar-refractivity contribution is 0.637. The molecule has 1 heterocycles. The number of benzene rings is 1. The maximum absolute atomic E-state index is 13.6. The Labute approximate surface area is 110 Å². The summed E-state index contributed by atoms with van der Waals surface area (Å²) in [6.07, 6.45) is 2.98. The molecule has 0 aliphatic carbocycles. The topological polar surface area (TPSA) is 49.6 Å². The van der Waals surface area contributed by atoms with E-state index < -0.39 is 0 Å². The first-order valence-electron chi connectivity index (χ1n) is 5.68. The van der Waals surface area contributed by atoms with Gasteiger partial charge in [-0.1, -0.05) is 12.1 Å². The number of halogens is 1. The molecule has 1 N–H and O–H groups in total. The fourth-order valence-corrected chi connectivity index (χ4v) is 1.59. The van der Waals surface area contributed by atoms with Crippen LogP contribution in [0.3, 0.4) is 0 Å². The van der Waals surface area contributed by atoms with E-state index >= 15 is 0 Å². The second-order valence-electron chi connectivity index (χ2n) is 3.83. The molecule has 1 aromatic heterocycles. The molecule has 0 bridgehead atoms. The van der Waals surface area contributed by atoms with Crippen LogP contribution in [0.25, 0.3) is 10.9 Å². The summed E-state index contributed by atoms with van der Waals surface area (Å²) in [5, 5.41) is 3.74. The molecule has 0 saturated heterocycles. The van der Waals surface area contributed by atoms with E-state index in [0.29, 0.717) is 17.2 Å². The molecule has 0 aliphatic heterocycles. The largest absolute Gasteiger partial charge is 0.329 e. The van der Waals surface area contributed by atoms with E-state index in [9.17, 15) is 4.39 Å². The Morgan fingerprint density at radius 1 is 1.32 bits per heavy atom. The standard InChI is InChI=1S/C14H13FN4/c1-10(17-9-8-16-2)18-13-7-6-11-4-3-5-12(15)14(11)19-13/h3-9H,2H2,1H3,(H,17,18,19)/b9-8-. The normalized spacial score (nSPS) is 12.0. The van der Waals surface area contributed by atoms with Crippen molar-refractivity contribution in [1.82, 2.24) is 4.98 Å². The molecule has 2 rings (SSSR count). The minimum absolute atomic E-state index is 0.337. The maximum atomic E-state index is 13.6. The van der Waals surface area contributed by atoms with Crippen molar-refractivity contribution in [2.45, 2.75) is 6.92 Å². The number of hydrogen-bond donors (Lipinski definition) is 1. The molecule has 1 aromatic carbocycles. The monoisotopic (exact) mass is 256 g/mol. The van der Waals surface area contributed by atoms with Gasteiger partial charge in [-0.2, -0.15) is 0 Å². The van der Waals surface area contributed by atoms with Crippen molar-refractivity contribution in [3.05, 3.63) is 48.5 Å². The molecule has 0 radical (unpaired) electrons. The summed E-state index contributed by atoms with van der Waals surface area (Å²) in [5.74, 6) is 0.827. The highest BCUT2D eigenvalue weighted by molar-refractivity contribution is 5.94. The van der Waals surface area contributed by atoms with E-state index in [0.717, 1.165) is 5.39 Å². The minimum Gasteiger partial charge on any atom is -0.329 e. The smallest absolute Gasteiger partial charge is 0.149 e. The van der Waals surface area contributed by atoms with Gasteiger partial charge in [0.05, 0.1) is 0 Å². The molecule has 19 heavy (non-hydrogen) atoms. The summed E-state index contributed by atoms with van der Waals surface area (Å²) in [5.41, 5.74) is 0.337. The molecule has 0 unspecified atom stereocenters. The third kappa shape index (κ3) is 3.22. The Morgan fingerprint density at radius 3 is 2.95 bits per heavy atom. The molecular weight excluding hydrogens is 243 g/mol. The van der Waals surface area contributed by atoms with Crippen LogP contribution in [-0.2, 0) is 0 Å². The molecule has 5 heteroatoms. The van der Waals surface area contributed by atoms with Gasteiger partial charge in [-0.15, -0.1) is 0 Å². The molecule has 96 valence electrons. The zero-order valence-corrected chi connectivity index (χ0v) is 10.5. The highest BCUT2D eigenvalue weighted by atomic mass is 19.1. The van der Waals surface area contributed by atoms with Crippen LogP contribution < -0.4 is 5.32 Å². The van der Waals surface area contributed by atoms with Crippen molar-refractivity contribution in [3.63, 3.8) is 0 Å². The van der Waals surface area contributed by atoms with Gasteiger partial charge in [-0.25, -0.2) is 14.4 Å². The number of aromatic nitrogens is 1. The highest BCUT2D eigenvalue weighted by Gasteiger charge is 2.03. The Bertz CT molecular complexity index is 662. The first-order valence-corrected chi connectivity index (χ1v) is 5.68. The van der Waals surface area contributed by atoms with Gasteiger partial charge in [0.15, 0.2) is 0 Å². The highest BCUT2D eigenvalue weighted by Crippen LogP contribution is 2.17. The average Bonchev–Trinajstić information content (AvgIpc) is 2.40. The van der Waals surface area contributed by atoms with Crippen LogP contribution >= 0.6 is 0 Å². The van der Waals surface area contributed by atoms with E-state index in [1.54, 1.807) is 19.1 Å². The summed E-state index contributed by atoms with van der Waals surface area (Å²) in [6.45, 7) is 5.08. The fourth-order valence-electron chi connectivity index (χ4n) is 1.59. The second kappa shape index (κ2) is 5.86. The van der Waals surface area contributed by atoms with Crippen molar-refractivity contribution in [2.24, 2.45) is 9.98 Å². The van der Waals surface area contributed by atoms with Gasteiger partial charge >= 0.3 is 0 Å². The summed E-state index contributed by atoms with van der Waals surface area (Å²) in [6, 6.07) is 8.44. The Kier molecular flexibility index (Phi) is 3.97. The van der Waals surface area contributed by atoms with Gasteiger partial charge < -0.3 is 5.32 Å². The predicted molar refractivity (Wildman–Crippen MR) is 77.1 cm³/mol. The molecule has 0 amide bonds. The van der Waals surface area contributed by atoms with Gasteiger partial charge in [-0.3, -0.25) is 4.99 Å². The fraction of sp³-hybridized carbons (Fsp3) is 0.0714. The Morgan fingerprint density at radius 2 is 2.16 bits per heavy atom. The third-order valence-corrected chi connectivity index (χ3v) is 2.42. The van der Waals surface area contributed by atoms with Crippen molar-refractivity contribution >= 4 is 29.3 Å². The summed E-state index contributed by atoms with van der Waals surface area (Å²) < 4.78 is 13.6. The second-order valence-corrected chi connectivity index (χ2v) is 3.83. The zero-order valence-electron chi connectivity index (χ0n) is 10.5. The molecule has 0 spiro atoms. The third-order valence-electron chi connectivity index (χ3n) is 2.42. The molecule has 0 atom stereocenters. The van der Waals surface area contributed by atoms with Gasteiger partial charge in [-0.05, 0) is 31.8 Å². The van der Waals surface area contributed by atoms with Crippen LogP contribution in [0.5, 0.6) is 0 Å². The molecule has 2 aromatic rings. The first kappa shape index (κ1) is 12.9. The number of hydrogen-bond acceptors (Lipinski definition) is 3. The number of amidine groups is 1. The number of fused-ring (bicyclic) bond motifs is 1. The molecule has 0 aliphatic rings. The van der Waals surface area contributed by atoms with Crippen molar-refractivity contribution < 1.29 is 4.39 Å². The first-order chi connectivity index (χ1) is 9.20. The van der Waals surface area contributed by atoms with Crippen molar-refractivity contribution in [1.29, 1.82) is 0 Å². The van der Waals surface area contributed by atoms with Gasteiger partial charge in [0.1, 0.15) is 23.0 Å². The number of rotatable bonds is 3. The maximum Gasteiger partial charge on any atom is 0.149 e. The van der Waals surface area contributed by atoms with Crippen LogP contribution in [0.1, 0.15) is 6.92 Å². The number of anilines is 1. The number of aliphatic imine (C=N–C) groups is 2. The van der Waals surface area contributed by atoms with Crippen LogP contribution in [0.2, 0.25) is 0 Å². The van der Waals surface area contributed by atoms with Gasteiger partial charge in [0.2, 0.25) is 0 Å². The lowest BCUT2D eigenvalue weighted by Crippen LogP contribution is -2.08. The lowest BCUT2D eigenvalue weighted by Gasteiger charge is -2.05. The summed E-state index contributed by atoms with van der Waals surface area (Å²) in [4.78, 5) is 11.8. The average molecular weight is 256 g/mol. The van der Waals surface area contributed by atoms with E-state index in [4.69, 9.17) is 0 Å². The number of para-hydroxylation sites is 1. The SMILES string of the molecule is C=N/C=C\N=C(C)Nc1ccc2cccc(F)c2n1. The van der Waals surface area contributed by atoms with E-state index in [-0.39, 0.29) is 5.82 Å². The molecule has 0 saturated carbocycles. The zero-order chi connectivity index (χ0) is 13.7. The number of pyridine rings is 1. The molecule has 4 nitrogen and oxygen atoms in total. The van der Waals surface area contributed by atoms with E-state index in [1.165, 1.54) is 18.5 Å². The van der Waals surface area contributed by atoms with Crippen molar-refractivity contribution in [2.75, 3.05) is 5.32 Å². The molecular formula is C14H13FN4. The quantitative estimate of drug-likeness (QED) is 0.676. The Hall–Kier alpha value is -2.56. The van der Waals surface area contributed by atoms with Crippen LogP contribution in [0.15, 0.2) is 52.7 Å². The Balaban J connectivity index is 2.26. The number of nitrogens with zero attached hydrogens (tertiary/aromatic N) is 3. The van der Waals surface area contributed by atoms with Crippen LogP contribution in [-0.4, -0.2) is 17.5 Å². The van der Waals surface area contributed by atoms with Gasteiger partial charge in [0.25, 0.3) is 0 Å². The van der Waals surface area contributed by atoms with E-state index in [2.05, 4.69) is 27.0 Å². The van der Waals surface area contributed by atoms with Crippen molar-refractivity contribution in [3.8, 4) is 0 Å². The summed E-state index contributed by atoms with van der Waals surface area (Å²) >= 11 is 0. The predicted octanol–water partition coefficient (Wildman–Crippen LogP) is 3.38. The number of nitrogens with one attached hydrogen (secondary N) is 1. The van der Waals surface area contributed by atoms with E-state index in [1.807, 2.05) is 12.1 Å². The lowest BCUT2D eigenvalue weighted by atomic mass is 10.2. The summed E-state index contributed by atoms with van der Waals surface area (Å²) in [7, 11) is 0.